The van der Waals surface area contributed by atoms with Crippen LogP contribution in [0.1, 0.15) is 12.8 Å². The summed E-state index contributed by atoms with van der Waals surface area (Å²) in [7, 11) is 0. The van der Waals surface area contributed by atoms with Crippen LogP contribution in [0.25, 0.3) is 77.2 Å². The van der Waals surface area contributed by atoms with Gasteiger partial charge in [-0.05, 0) is 83.6 Å². The van der Waals surface area contributed by atoms with E-state index in [1.807, 2.05) is 0 Å². The molecule has 2 heteroatoms. The molecule has 1 aliphatic rings. The van der Waals surface area contributed by atoms with Gasteiger partial charge >= 0.3 is 0 Å². The van der Waals surface area contributed by atoms with Gasteiger partial charge in [-0.1, -0.05) is 109 Å². The molecule has 0 saturated heterocycles. The predicted molar refractivity (Wildman–Crippen MR) is 187 cm³/mol. The summed E-state index contributed by atoms with van der Waals surface area (Å²) in [6, 6.07) is 51.0. The molecular weight excluding hydrogens is 532 g/mol. The molecule has 2 heterocycles. The monoisotopic (exact) mass is 562 g/mol. The highest BCUT2D eigenvalue weighted by atomic mass is 15.0. The molecule has 44 heavy (non-hydrogen) atoms. The summed E-state index contributed by atoms with van der Waals surface area (Å²) in [5.74, 6) is 0. The number of aromatic nitrogens is 2. The van der Waals surface area contributed by atoms with E-state index in [1.165, 1.54) is 77.2 Å². The van der Waals surface area contributed by atoms with E-state index < -0.39 is 0 Å². The van der Waals surface area contributed by atoms with Crippen LogP contribution in [0.3, 0.4) is 0 Å². The van der Waals surface area contributed by atoms with E-state index in [1.54, 1.807) is 0 Å². The first-order valence-electron chi connectivity index (χ1n) is 15.4. The number of hydrogen-bond donors (Lipinski definition) is 0. The summed E-state index contributed by atoms with van der Waals surface area (Å²) in [5.41, 5.74) is 12.3. The summed E-state index contributed by atoms with van der Waals surface area (Å²) in [4.78, 5) is 0. The molecule has 208 valence electrons. The maximum atomic E-state index is 2.42. The maximum Gasteiger partial charge on any atom is 0.0547 e. The molecule has 0 atom stereocenters. The molecule has 0 saturated carbocycles. The summed E-state index contributed by atoms with van der Waals surface area (Å²) in [6.45, 7) is 0. The van der Waals surface area contributed by atoms with Gasteiger partial charge in [0.25, 0.3) is 0 Å². The lowest BCUT2D eigenvalue weighted by molar-refractivity contribution is 1.02. The van der Waals surface area contributed by atoms with Crippen molar-refractivity contribution in [2.75, 3.05) is 0 Å². The normalized spacial score (nSPS) is 13.3. The van der Waals surface area contributed by atoms with Crippen molar-refractivity contribution in [1.82, 2.24) is 9.13 Å². The maximum absolute atomic E-state index is 2.42. The zero-order valence-electron chi connectivity index (χ0n) is 24.3. The third-order valence-electron chi connectivity index (χ3n) is 9.12. The van der Waals surface area contributed by atoms with Crippen LogP contribution >= 0.6 is 0 Å². The Morgan fingerprint density at radius 1 is 0.386 bits per heavy atom. The minimum Gasteiger partial charge on any atom is -0.310 e. The Morgan fingerprint density at radius 3 is 1.84 bits per heavy atom. The fourth-order valence-electron chi connectivity index (χ4n) is 7.08. The number of rotatable bonds is 4. The number of para-hydroxylation sites is 2. The highest BCUT2D eigenvalue weighted by Gasteiger charge is 2.16. The predicted octanol–water partition coefficient (Wildman–Crippen LogP) is 11.4. The van der Waals surface area contributed by atoms with E-state index in [9.17, 15) is 0 Å². The van der Waals surface area contributed by atoms with E-state index >= 15 is 0 Å². The fourth-order valence-corrected chi connectivity index (χ4v) is 7.08. The largest absolute Gasteiger partial charge is 0.310 e. The van der Waals surface area contributed by atoms with Crippen LogP contribution in [0.4, 0.5) is 0 Å². The van der Waals surface area contributed by atoms with Gasteiger partial charge in [-0.2, -0.15) is 0 Å². The zero-order valence-corrected chi connectivity index (χ0v) is 24.3. The smallest absolute Gasteiger partial charge is 0.0547 e. The lowest BCUT2D eigenvalue weighted by Gasteiger charge is -2.12. The summed E-state index contributed by atoms with van der Waals surface area (Å²) >= 11 is 0. The first kappa shape index (κ1) is 24.9. The van der Waals surface area contributed by atoms with Crippen LogP contribution in [-0.4, -0.2) is 9.13 Å². The molecule has 0 unspecified atom stereocenters. The van der Waals surface area contributed by atoms with Gasteiger partial charge in [0, 0.05) is 32.9 Å². The average molecular weight is 563 g/mol. The number of nitrogens with zero attached hydrogens (tertiary/aromatic N) is 2. The molecule has 0 radical (unpaired) electrons. The van der Waals surface area contributed by atoms with Crippen LogP contribution in [0, 0.1) is 0 Å². The van der Waals surface area contributed by atoms with Crippen molar-refractivity contribution in [3.05, 3.63) is 158 Å². The van der Waals surface area contributed by atoms with Crippen molar-refractivity contribution < 1.29 is 0 Å². The zero-order chi connectivity index (χ0) is 29.0. The van der Waals surface area contributed by atoms with Crippen LogP contribution < -0.4 is 0 Å². The molecule has 8 aromatic rings. The quantitative estimate of drug-likeness (QED) is 0.202. The molecule has 0 fully saturated rings. The molecule has 0 bridgehead atoms. The third kappa shape index (κ3) is 3.88. The van der Waals surface area contributed by atoms with E-state index in [4.69, 9.17) is 0 Å². The van der Waals surface area contributed by atoms with E-state index in [2.05, 4.69) is 167 Å². The van der Waals surface area contributed by atoms with Crippen molar-refractivity contribution in [1.29, 1.82) is 0 Å². The molecule has 1 aliphatic carbocycles. The lowest BCUT2D eigenvalue weighted by atomic mass is 10.0. The highest BCUT2D eigenvalue weighted by molar-refractivity contribution is 6.13. The van der Waals surface area contributed by atoms with Gasteiger partial charge in [0.05, 0.1) is 22.1 Å². The Bertz CT molecular complexity index is 2430. The van der Waals surface area contributed by atoms with Gasteiger partial charge in [-0.25, -0.2) is 0 Å². The Kier molecular flexibility index (Phi) is 5.67. The second-order valence-electron chi connectivity index (χ2n) is 11.7. The van der Waals surface area contributed by atoms with Crippen molar-refractivity contribution in [3.8, 4) is 27.9 Å². The molecule has 6 aromatic carbocycles. The molecule has 0 spiro atoms. The Labute approximate surface area is 256 Å². The number of hydrogen-bond acceptors (Lipinski definition) is 0. The summed E-state index contributed by atoms with van der Waals surface area (Å²) in [6.07, 6.45) is 9.11. The van der Waals surface area contributed by atoms with Gasteiger partial charge in [0.15, 0.2) is 0 Å². The van der Waals surface area contributed by atoms with E-state index in [-0.39, 0.29) is 0 Å². The van der Waals surface area contributed by atoms with Gasteiger partial charge < -0.3 is 9.13 Å². The first-order chi connectivity index (χ1) is 21.8. The molecule has 0 N–H and O–H groups in total. The van der Waals surface area contributed by atoms with Crippen molar-refractivity contribution >= 4 is 49.3 Å². The summed E-state index contributed by atoms with van der Waals surface area (Å²) < 4.78 is 4.85. The second-order valence-corrected chi connectivity index (χ2v) is 11.7. The van der Waals surface area contributed by atoms with Gasteiger partial charge in [-0.15, -0.1) is 0 Å². The van der Waals surface area contributed by atoms with E-state index in [0.717, 1.165) is 12.8 Å². The van der Waals surface area contributed by atoms with Crippen molar-refractivity contribution in [2.24, 2.45) is 0 Å². The first-order valence-corrected chi connectivity index (χ1v) is 15.4. The summed E-state index contributed by atoms with van der Waals surface area (Å²) in [5, 5.41) is 5.11. The van der Waals surface area contributed by atoms with Gasteiger partial charge in [-0.3, -0.25) is 0 Å². The van der Waals surface area contributed by atoms with Gasteiger partial charge in [0.1, 0.15) is 0 Å². The van der Waals surface area contributed by atoms with Crippen LogP contribution in [-0.2, 0) is 0 Å². The fraction of sp³-hybridized carbons (Fsp3) is 0.0476. The Hall–Kier alpha value is -5.60. The van der Waals surface area contributed by atoms with Crippen molar-refractivity contribution in [3.63, 3.8) is 0 Å². The highest BCUT2D eigenvalue weighted by Crippen LogP contribution is 2.39. The number of benzene rings is 6. The Morgan fingerprint density at radius 2 is 1.02 bits per heavy atom. The van der Waals surface area contributed by atoms with E-state index in [0.29, 0.717) is 0 Å². The molecular formula is C42H30N2. The number of fused-ring (bicyclic) bond motifs is 6. The standard InChI is InChI=1S/C42H30N2/c1-3-12-29(13-4-1)30-14-11-17-34(26-30)44-39-20-9-7-18-35(39)37-24-22-32(28-42(37)44)31-23-25-41-38(27-31)36-19-8-10-21-40(36)43(41)33-15-5-2-6-16-33/h1,3-5,7-28H,2,6H2. The minimum absolute atomic E-state index is 1.08. The number of allylic oxidation sites excluding steroid dienone is 4. The van der Waals surface area contributed by atoms with Crippen LogP contribution in [0.15, 0.2) is 158 Å². The van der Waals surface area contributed by atoms with Crippen LogP contribution in [0.2, 0.25) is 0 Å². The third-order valence-corrected chi connectivity index (χ3v) is 9.12. The average Bonchev–Trinajstić information content (AvgIpc) is 3.61. The molecule has 2 nitrogen and oxygen atoms in total. The lowest BCUT2D eigenvalue weighted by Crippen LogP contribution is -1.96. The Balaban J connectivity index is 1.25. The molecule has 2 aromatic heterocycles. The molecule has 0 aliphatic heterocycles. The molecule has 9 rings (SSSR count). The molecule has 0 amide bonds. The van der Waals surface area contributed by atoms with Crippen LogP contribution in [0.5, 0.6) is 0 Å². The topological polar surface area (TPSA) is 9.86 Å². The minimum atomic E-state index is 1.08. The van der Waals surface area contributed by atoms with Gasteiger partial charge in [0.2, 0.25) is 0 Å². The SMILES string of the molecule is C1=CC(n2c3ccccc3c3cc(-c4ccc5c6ccccc6n(-c6cccc(-c7ccccc7)c6)c5c4)ccc32)=CCC1. The van der Waals surface area contributed by atoms with Crippen molar-refractivity contribution in [2.45, 2.75) is 12.8 Å². The second kappa shape index (κ2) is 10.00.